The molecule has 35 heavy (non-hydrogen) atoms. The number of hydrazone groups is 1. The molecule has 1 unspecified atom stereocenters. The lowest BCUT2D eigenvalue weighted by molar-refractivity contribution is 0.0310. The van der Waals surface area contributed by atoms with Gasteiger partial charge in [0.1, 0.15) is 24.2 Å². The van der Waals surface area contributed by atoms with Crippen LogP contribution in [0.5, 0.6) is 0 Å². The van der Waals surface area contributed by atoms with Crippen LogP contribution >= 0.6 is 0 Å². The fraction of sp³-hybridized carbons (Fsp3) is 0.423. The number of ether oxygens (including phenoxy) is 2. The highest BCUT2D eigenvalue weighted by atomic mass is 16.6. The number of carbonyl (C=O) groups excluding carboxylic acids is 1. The van der Waals surface area contributed by atoms with Crippen LogP contribution in [0.25, 0.3) is 11.0 Å². The lowest BCUT2D eigenvalue weighted by Gasteiger charge is -2.26. The number of nitrogens with zero attached hydrogens (tertiary/aromatic N) is 4. The number of nitrogens with one attached hydrogen (secondary N) is 2. The number of morpholine rings is 1. The zero-order chi connectivity index (χ0) is 24.4. The van der Waals surface area contributed by atoms with Gasteiger partial charge in [0, 0.05) is 38.8 Å². The Morgan fingerprint density at radius 3 is 2.66 bits per heavy atom. The Kier molecular flexibility index (Phi) is 6.70. The first-order chi connectivity index (χ1) is 17.0. The lowest BCUT2D eigenvalue weighted by Crippen LogP contribution is -2.41. The highest BCUT2D eigenvalue weighted by Crippen LogP contribution is 2.25. The monoisotopic (exact) mass is 476 g/mol. The maximum Gasteiger partial charge on any atom is 0.410 e. The summed E-state index contributed by atoms with van der Waals surface area (Å²) < 4.78 is 11.0. The maximum atomic E-state index is 12.6. The van der Waals surface area contributed by atoms with Gasteiger partial charge in [0.25, 0.3) is 0 Å². The smallest absolute Gasteiger partial charge is 0.410 e. The summed E-state index contributed by atoms with van der Waals surface area (Å²) in [6, 6.07) is 12.3. The first kappa shape index (κ1) is 23.3. The van der Waals surface area contributed by atoms with Crippen LogP contribution in [-0.4, -0.2) is 71.6 Å². The van der Waals surface area contributed by atoms with Crippen LogP contribution in [0.3, 0.4) is 0 Å². The Bertz CT molecular complexity index is 1190. The van der Waals surface area contributed by atoms with Crippen molar-refractivity contribution < 1.29 is 14.3 Å². The van der Waals surface area contributed by atoms with Crippen molar-refractivity contribution in [2.24, 2.45) is 5.10 Å². The van der Waals surface area contributed by atoms with Crippen molar-refractivity contribution in [2.45, 2.75) is 33.0 Å². The van der Waals surface area contributed by atoms with E-state index in [1.807, 2.05) is 43.2 Å². The molecule has 184 valence electrons. The molecule has 1 saturated heterocycles. The van der Waals surface area contributed by atoms with Gasteiger partial charge in [-0.2, -0.15) is 5.10 Å². The fourth-order valence-electron chi connectivity index (χ4n) is 4.36. The molecule has 0 aliphatic carbocycles. The van der Waals surface area contributed by atoms with Gasteiger partial charge in [-0.15, -0.1) is 0 Å². The molecule has 0 saturated carbocycles. The Balaban J connectivity index is 1.36. The molecule has 2 aliphatic heterocycles. The summed E-state index contributed by atoms with van der Waals surface area (Å²) >= 11 is 0. The third kappa shape index (κ3) is 5.16. The van der Waals surface area contributed by atoms with Crippen LogP contribution in [0.15, 0.2) is 41.5 Å². The van der Waals surface area contributed by atoms with Crippen LogP contribution < -0.4 is 5.32 Å². The summed E-state index contributed by atoms with van der Waals surface area (Å²) in [5, 5.41) is 10.1. The van der Waals surface area contributed by atoms with Gasteiger partial charge in [0.2, 0.25) is 0 Å². The second-order valence-corrected chi connectivity index (χ2v) is 9.18. The van der Waals surface area contributed by atoms with Crippen molar-refractivity contribution in [3.8, 4) is 0 Å². The largest absolute Gasteiger partial charge is 0.443 e. The van der Waals surface area contributed by atoms with E-state index in [0.717, 1.165) is 41.1 Å². The molecular formula is C26H32N6O3. The third-order valence-electron chi connectivity index (χ3n) is 6.67. The second kappa shape index (κ2) is 10.1. The van der Waals surface area contributed by atoms with Gasteiger partial charge in [0.05, 0.1) is 24.2 Å². The minimum absolute atomic E-state index is 0.0795. The minimum atomic E-state index is -0.344. The SMILES string of the molecule is Cc1ccc(/C(COC(=O)N2CCOCC2)=N/N(C)C(C)c2nc3cc4c(cc3[nH]2)CNC4)cc1. The van der Waals surface area contributed by atoms with Crippen molar-refractivity contribution in [1.82, 2.24) is 25.2 Å². The summed E-state index contributed by atoms with van der Waals surface area (Å²) in [4.78, 5) is 22.5. The number of aryl methyl sites for hydroxylation is 1. The standard InChI is InChI=1S/C26H32N6O3/c1-17-4-6-19(7-5-17)24(16-35-26(33)32-8-10-34-11-9-32)30-31(3)18(2)25-28-22-12-20-14-27-15-21(20)13-23(22)29-25/h4-7,12-13,18,27H,8-11,14-16H2,1-3H3,(H,28,29)/b30-24+. The molecule has 2 aromatic carbocycles. The molecule has 9 heteroatoms. The molecule has 3 heterocycles. The molecule has 0 spiro atoms. The van der Waals surface area contributed by atoms with Gasteiger partial charge in [-0.25, -0.2) is 9.78 Å². The Hall–Kier alpha value is -3.43. The molecule has 2 aliphatic rings. The molecule has 3 aromatic rings. The van der Waals surface area contributed by atoms with Gasteiger partial charge in [-0.3, -0.25) is 5.01 Å². The summed E-state index contributed by atoms with van der Waals surface area (Å²) in [5.74, 6) is 0.844. The third-order valence-corrected chi connectivity index (χ3v) is 6.67. The number of aromatic amines is 1. The normalized spacial score (nSPS) is 16.9. The molecule has 0 radical (unpaired) electrons. The highest BCUT2D eigenvalue weighted by molar-refractivity contribution is 6.02. The number of amides is 1. The van der Waals surface area contributed by atoms with Gasteiger partial charge in [-0.05, 0) is 37.1 Å². The predicted molar refractivity (Wildman–Crippen MR) is 134 cm³/mol. The fourth-order valence-corrected chi connectivity index (χ4v) is 4.36. The number of fused-ring (bicyclic) bond motifs is 2. The van der Waals surface area contributed by atoms with E-state index in [4.69, 9.17) is 19.6 Å². The number of hydrogen-bond donors (Lipinski definition) is 2. The first-order valence-electron chi connectivity index (χ1n) is 12.1. The van der Waals surface area contributed by atoms with E-state index < -0.39 is 0 Å². The van der Waals surface area contributed by atoms with Gasteiger partial charge in [0.15, 0.2) is 0 Å². The second-order valence-electron chi connectivity index (χ2n) is 9.18. The van der Waals surface area contributed by atoms with E-state index in [0.29, 0.717) is 32.0 Å². The first-order valence-corrected chi connectivity index (χ1v) is 12.1. The zero-order valence-corrected chi connectivity index (χ0v) is 20.5. The van der Waals surface area contributed by atoms with E-state index in [2.05, 4.69) is 29.4 Å². The number of hydrogen-bond acceptors (Lipinski definition) is 7. The summed E-state index contributed by atoms with van der Waals surface area (Å²) in [6.45, 7) is 8.10. The van der Waals surface area contributed by atoms with E-state index in [9.17, 15) is 4.79 Å². The van der Waals surface area contributed by atoms with Crippen molar-refractivity contribution in [2.75, 3.05) is 40.0 Å². The number of aromatic nitrogens is 2. The molecule has 9 nitrogen and oxygen atoms in total. The van der Waals surface area contributed by atoms with E-state index in [1.54, 1.807) is 4.90 Å². The van der Waals surface area contributed by atoms with Crippen molar-refractivity contribution in [1.29, 1.82) is 0 Å². The van der Waals surface area contributed by atoms with Crippen LogP contribution in [0.1, 0.15) is 41.0 Å². The van der Waals surface area contributed by atoms with Crippen molar-refractivity contribution in [3.05, 3.63) is 64.5 Å². The maximum absolute atomic E-state index is 12.6. The highest BCUT2D eigenvalue weighted by Gasteiger charge is 2.21. The van der Waals surface area contributed by atoms with Gasteiger partial charge >= 0.3 is 6.09 Å². The molecule has 1 amide bonds. The molecule has 1 atom stereocenters. The minimum Gasteiger partial charge on any atom is -0.443 e. The number of rotatable bonds is 6. The average molecular weight is 477 g/mol. The molecule has 0 bridgehead atoms. The van der Waals surface area contributed by atoms with E-state index >= 15 is 0 Å². The van der Waals surface area contributed by atoms with Crippen LogP contribution in [0.2, 0.25) is 0 Å². The van der Waals surface area contributed by atoms with Crippen LogP contribution in [-0.2, 0) is 22.6 Å². The number of carbonyl (C=O) groups is 1. The molecule has 2 N–H and O–H groups in total. The Morgan fingerprint density at radius 2 is 1.91 bits per heavy atom. The zero-order valence-electron chi connectivity index (χ0n) is 20.5. The molecule has 1 aromatic heterocycles. The van der Waals surface area contributed by atoms with Crippen LogP contribution in [0, 0.1) is 6.92 Å². The molecule has 5 rings (SSSR count). The topological polar surface area (TPSA) is 95.1 Å². The molecule has 1 fully saturated rings. The van der Waals surface area contributed by atoms with Crippen LogP contribution in [0.4, 0.5) is 4.79 Å². The number of benzene rings is 2. The Labute approximate surface area is 205 Å². The Morgan fingerprint density at radius 1 is 1.20 bits per heavy atom. The predicted octanol–water partition coefficient (Wildman–Crippen LogP) is 3.34. The molecular weight excluding hydrogens is 444 g/mol. The van der Waals surface area contributed by atoms with E-state index in [1.165, 1.54) is 11.1 Å². The summed E-state index contributed by atoms with van der Waals surface area (Å²) in [5.41, 5.74) is 7.37. The van der Waals surface area contributed by atoms with Crippen molar-refractivity contribution >= 4 is 22.8 Å². The van der Waals surface area contributed by atoms with E-state index in [-0.39, 0.29) is 18.7 Å². The number of H-pyrrole nitrogens is 1. The number of imidazole rings is 1. The summed E-state index contributed by atoms with van der Waals surface area (Å²) in [7, 11) is 1.92. The quantitative estimate of drug-likeness (QED) is 0.419. The average Bonchev–Trinajstić information content (AvgIpc) is 3.51. The van der Waals surface area contributed by atoms with Gasteiger partial charge < -0.3 is 24.7 Å². The lowest BCUT2D eigenvalue weighted by atomic mass is 10.1. The van der Waals surface area contributed by atoms with Gasteiger partial charge in [-0.1, -0.05) is 29.8 Å². The summed E-state index contributed by atoms with van der Waals surface area (Å²) in [6.07, 6.45) is -0.344. The van der Waals surface area contributed by atoms with Crippen molar-refractivity contribution in [3.63, 3.8) is 0 Å².